The van der Waals surface area contributed by atoms with Crippen molar-refractivity contribution in [3.05, 3.63) is 69.8 Å². The molecule has 0 spiro atoms. The average molecular weight is 404 g/mol. The molecule has 0 heterocycles. The lowest BCUT2D eigenvalue weighted by Crippen LogP contribution is -2.06. The molecular weight excluding hydrogens is 378 g/mol. The molecule has 0 aliphatic rings. The van der Waals surface area contributed by atoms with E-state index in [4.69, 9.17) is 0 Å². The van der Waals surface area contributed by atoms with Crippen molar-refractivity contribution in [2.24, 2.45) is 0 Å². The van der Waals surface area contributed by atoms with Crippen LogP contribution in [0.4, 0.5) is 26.3 Å². The summed E-state index contributed by atoms with van der Waals surface area (Å²) in [6, 6.07) is 8.37. The SMILES string of the molecule is Cc1cc(C(C)C)cc(C(F)(F)F)c1.Cc1cc(C(C)C)cc(C(F)(F)F)c1. The maximum atomic E-state index is 12.4. The minimum absolute atomic E-state index is 0.121. The number of halogens is 6. The molecule has 0 aromatic heterocycles. The molecule has 0 unspecified atom stereocenters. The van der Waals surface area contributed by atoms with Crippen LogP contribution in [0.2, 0.25) is 0 Å². The highest BCUT2D eigenvalue weighted by Gasteiger charge is 2.31. The summed E-state index contributed by atoms with van der Waals surface area (Å²) < 4.78 is 74.5. The van der Waals surface area contributed by atoms with Crippen LogP contribution in [-0.4, -0.2) is 0 Å². The second kappa shape index (κ2) is 9.01. The van der Waals surface area contributed by atoms with Crippen LogP contribution in [0, 0.1) is 13.8 Å². The highest BCUT2D eigenvalue weighted by atomic mass is 19.4. The molecular formula is C22H26F6. The van der Waals surface area contributed by atoms with Gasteiger partial charge in [0.2, 0.25) is 0 Å². The second-order valence-electron chi connectivity index (χ2n) is 7.57. The number of hydrogen-bond acceptors (Lipinski definition) is 0. The lowest BCUT2D eigenvalue weighted by molar-refractivity contribution is -0.138. The van der Waals surface area contributed by atoms with E-state index in [9.17, 15) is 26.3 Å². The summed E-state index contributed by atoms with van der Waals surface area (Å²) in [4.78, 5) is 0. The summed E-state index contributed by atoms with van der Waals surface area (Å²) in [5.41, 5.74) is 1.67. The van der Waals surface area contributed by atoms with Crippen molar-refractivity contribution in [3.8, 4) is 0 Å². The van der Waals surface area contributed by atoms with Gasteiger partial charge in [-0.2, -0.15) is 26.3 Å². The summed E-state index contributed by atoms with van der Waals surface area (Å²) in [5, 5.41) is 0. The zero-order valence-electron chi connectivity index (χ0n) is 16.9. The molecule has 2 rings (SSSR count). The molecule has 6 heteroatoms. The number of alkyl halides is 6. The predicted octanol–water partition coefficient (Wildman–Crippen LogP) is 8.27. The molecule has 0 aliphatic heterocycles. The van der Waals surface area contributed by atoms with Gasteiger partial charge < -0.3 is 0 Å². The molecule has 0 saturated carbocycles. The number of aryl methyl sites for hydroxylation is 2. The lowest BCUT2D eigenvalue weighted by Gasteiger charge is -2.12. The van der Waals surface area contributed by atoms with Gasteiger partial charge in [0, 0.05) is 0 Å². The first kappa shape index (κ1) is 24.1. The minimum atomic E-state index is -4.24. The summed E-state index contributed by atoms with van der Waals surface area (Å²) in [6.07, 6.45) is -8.48. The van der Waals surface area contributed by atoms with Crippen LogP contribution in [0.25, 0.3) is 0 Å². The third-order valence-electron chi connectivity index (χ3n) is 4.19. The Morgan fingerprint density at radius 2 is 0.821 bits per heavy atom. The molecule has 0 bridgehead atoms. The van der Waals surface area contributed by atoms with E-state index >= 15 is 0 Å². The molecule has 0 nitrogen and oxygen atoms in total. The topological polar surface area (TPSA) is 0 Å². The third kappa shape index (κ3) is 7.21. The number of hydrogen-bond donors (Lipinski definition) is 0. The van der Waals surface area contributed by atoms with Gasteiger partial charge in [0.15, 0.2) is 0 Å². The lowest BCUT2D eigenvalue weighted by atomic mass is 9.98. The van der Waals surface area contributed by atoms with E-state index < -0.39 is 23.5 Å². The largest absolute Gasteiger partial charge is 0.416 e. The quantitative estimate of drug-likeness (QED) is 0.442. The van der Waals surface area contributed by atoms with Gasteiger partial charge in [0.1, 0.15) is 0 Å². The molecule has 0 radical (unpaired) electrons. The van der Waals surface area contributed by atoms with Crippen molar-refractivity contribution in [3.63, 3.8) is 0 Å². The smallest absolute Gasteiger partial charge is 0.166 e. The molecule has 2 aromatic rings. The molecule has 0 saturated heterocycles. The van der Waals surface area contributed by atoms with E-state index in [1.54, 1.807) is 26.0 Å². The standard InChI is InChI=1S/2C11H13F3/c2*1-7(2)9-4-8(3)5-10(6-9)11(12,13)14/h2*4-7H,1-3H3. The van der Waals surface area contributed by atoms with Gasteiger partial charge in [-0.1, -0.05) is 51.0 Å². The Morgan fingerprint density at radius 3 is 1.04 bits per heavy atom. The average Bonchev–Trinajstić information content (AvgIpc) is 2.52. The summed E-state index contributed by atoms with van der Waals surface area (Å²) >= 11 is 0. The van der Waals surface area contributed by atoms with Crippen LogP contribution in [0.3, 0.4) is 0 Å². The van der Waals surface area contributed by atoms with Gasteiger partial charge in [0.05, 0.1) is 11.1 Å². The van der Waals surface area contributed by atoms with Gasteiger partial charge in [-0.25, -0.2) is 0 Å². The van der Waals surface area contributed by atoms with E-state index in [0.717, 1.165) is 11.1 Å². The molecule has 0 amide bonds. The van der Waals surface area contributed by atoms with Crippen molar-refractivity contribution in [1.82, 2.24) is 0 Å². The molecule has 0 N–H and O–H groups in total. The maximum absolute atomic E-state index is 12.4. The Labute approximate surface area is 162 Å². The van der Waals surface area contributed by atoms with E-state index in [0.29, 0.717) is 11.1 Å². The number of benzene rings is 2. The summed E-state index contributed by atoms with van der Waals surface area (Å²) in [5.74, 6) is 0.243. The van der Waals surface area contributed by atoms with E-state index in [1.165, 1.54) is 24.3 Å². The van der Waals surface area contributed by atoms with E-state index in [1.807, 2.05) is 27.7 Å². The monoisotopic (exact) mass is 404 g/mol. The normalized spacial score (nSPS) is 12.2. The molecule has 28 heavy (non-hydrogen) atoms. The first-order chi connectivity index (χ1) is 12.6. The Morgan fingerprint density at radius 1 is 0.536 bits per heavy atom. The van der Waals surface area contributed by atoms with Crippen LogP contribution in [-0.2, 0) is 12.4 Å². The second-order valence-corrected chi connectivity index (χ2v) is 7.57. The van der Waals surface area contributed by atoms with Gasteiger partial charge in [-0.05, 0) is 61.1 Å². The Kier molecular flexibility index (Phi) is 7.74. The Bertz CT molecular complexity index is 715. The van der Waals surface area contributed by atoms with Crippen molar-refractivity contribution in [1.29, 1.82) is 0 Å². The van der Waals surface area contributed by atoms with Crippen molar-refractivity contribution in [2.45, 2.75) is 65.7 Å². The third-order valence-corrected chi connectivity index (χ3v) is 4.19. The predicted molar refractivity (Wildman–Crippen MR) is 101 cm³/mol. The highest BCUT2D eigenvalue weighted by Crippen LogP contribution is 2.33. The van der Waals surface area contributed by atoms with E-state index in [-0.39, 0.29) is 11.8 Å². The highest BCUT2D eigenvalue weighted by molar-refractivity contribution is 5.33. The molecule has 0 fully saturated rings. The van der Waals surface area contributed by atoms with Crippen LogP contribution in [0.15, 0.2) is 36.4 Å². The fraction of sp³-hybridized carbons (Fsp3) is 0.455. The van der Waals surface area contributed by atoms with Gasteiger partial charge in [0.25, 0.3) is 0 Å². The molecule has 0 aliphatic carbocycles. The van der Waals surface area contributed by atoms with Crippen LogP contribution < -0.4 is 0 Å². The van der Waals surface area contributed by atoms with Crippen molar-refractivity contribution in [2.75, 3.05) is 0 Å². The number of rotatable bonds is 2. The fourth-order valence-corrected chi connectivity index (χ4v) is 2.62. The molecule has 0 atom stereocenters. The Hall–Kier alpha value is -1.98. The first-order valence-corrected chi connectivity index (χ1v) is 8.98. The first-order valence-electron chi connectivity index (χ1n) is 8.98. The Balaban J connectivity index is 0.000000280. The fourth-order valence-electron chi connectivity index (χ4n) is 2.62. The van der Waals surface area contributed by atoms with Gasteiger partial charge >= 0.3 is 12.4 Å². The summed E-state index contributed by atoms with van der Waals surface area (Å²) in [7, 11) is 0. The summed E-state index contributed by atoms with van der Waals surface area (Å²) in [6.45, 7) is 10.9. The van der Waals surface area contributed by atoms with E-state index in [2.05, 4.69) is 0 Å². The minimum Gasteiger partial charge on any atom is -0.166 e. The van der Waals surface area contributed by atoms with Crippen LogP contribution >= 0.6 is 0 Å². The molecule has 2 aromatic carbocycles. The van der Waals surface area contributed by atoms with Crippen LogP contribution in [0.1, 0.15) is 72.9 Å². The van der Waals surface area contributed by atoms with Crippen molar-refractivity contribution >= 4 is 0 Å². The maximum Gasteiger partial charge on any atom is 0.416 e. The molecule has 156 valence electrons. The zero-order valence-corrected chi connectivity index (χ0v) is 16.9. The van der Waals surface area contributed by atoms with Gasteiger partial charge in [-0.15, -0.1) is 0 Å². The van der Waals surface area contributed by atoms with Crippen LogP contribution in [0.5, 0.6) is 0 Å². The zero-order chi connectivity index (χ0) is 21.9. The van der Waals surface area contributed by atoms with Gasteiger partial charge in [-0.3, -0.25) is 0 Å². The van der Waals surface area contributed by atoms with Crippen molar-refractivity contribution < 1.29 is 26.3 Å².